The van der Waals surface area contributed by atoms with Gasteiger partial charge in [-0.3, -0.25) is 4.90 Å². The van der Waals surface area contributed by atoms with Gasteiger partial charge in [-0.1, -0.05) is 19.1 Å². The second kappa shape index (κ2) is 5.24. The maximum absolute atomic E-state index is 6.05. The minimum atomic E-state index is 0.339. The van der Waals surface area contributed by atoms with Crippen molar-refractivity contribution in [1.82, 2.24) is 9.88 Å². The van der Waals surface area contributed by atoms with Gasteiger partial charge < -0.3 is 14.5 Å². The molecule has 1 unspecified atom stereocenters. The van der Waals surface area contributed by atoms with Gasteiger partial charge in [-0.15, -0.1) is 0 Å². The van der Waals surface area contributed by atoms with Gasteiger partial charge in [0.25, 0.3) is 0 Å². The third-order valence-corrected chi connectivity index (χ3v) is 6.63. The molecule has 1 aromatic carbocycles. The van der Waals surface area contributed by atoms with Crippen LogP contribution in [-0.2, 0) is 17.6 Å². The quantitative estimate of drug-likeness (QED) is 0.862. The molecular formula is C20H26N2O2. The molecule has 2 fully saturated rings. The van der Waals surface area contributed by atoms with Crippen LogP contribution in [0.1, 0.15) is 31.0 Å². The maximum Gasteiger partial charge on any atom is 0.142 e. The number of epoxide rings is 1. The molecule has 24 heavy (non-hydrogen) atoms. The number of fused-ring (bicyclic) bond motifs is 7. The molecule has 0 saturated carbocycles. The minimum absolute atomic E-state index is 0.339. The van der Waals surface area contributed by atoms with Gasteiger partial charge in [0.15, 0.2) is 0 Å². The first-order chi connectivity index (χ1) is 11.7. The summed E-state index contributed by atoms with van der Waals surface area (Å²) in [6.45, 7) is 5.80. The Morgan fingerprint density at radius 1 is 1.38 bits per heavy atom. The molecule has 4 nitrogen and oxygen atoms in total. The Morgan fingerprint density at radius 2 is 2.29 bits per heavy atom. The summed E-state index contributed by atoms with van der Waals surface area (Å²) in [5.74, 6) is 0.952. The Balaban J connectivity index is 1.58. The number of aromatic nitrogens is 1. The van der Waals surface area contributed by atoms with Crippen LogP contribution in [0.2, 0.25) is 0 Å². The monoisotopic (exact) mass is 326 g/mol. The number of aromatic amines is 1. The smallest absolute Gasteiger partial charge is 0.142 e. The van der Waals surface area contributed by atoms with E-state index in [1.54, 1.807) is 7.11 Å². The fourth-order valence-corrected chi connectivity index (χ4v) is 5.17. The number of benzene rings is 1. The summed E-state index contributed by atoms with van der Waals surface area (Å²) < 4.78 is 11.6. The summed E-state index contributed by atoms with van der Waals surface area (Å²) in [7, 11) is 1.75. The Hall–Kier alpha value is -1.52. The van der Waals surface area contributed by atoms with E-state index in [4.69, 9.17) is 9.47 Å². The fourth-order valence-electron chi connectivity index (χ4n) is 5.17. The van der Waals surface area contributed by atoms with Crippen LogP contribution in [0, 0.1) is 5.41 Å². The van der Waals surface area contributed by atoms with Crippen LogP contribution < -0.4 is 4.74 Å². The second-order valence-electron chi connectivity index (χ2n) is 7.76. The van der Waals surface area contributed by atoms with Crippen molar-refractivity contribution >= 4 is 10.9 Å². The number of rotatable bonds is 2. The lowest BCUT2D eigenvalue weighted by Crippen LogP contribution is -2.48. The van der Waals surface area contributed by atoms with Crippen LogP contribution in [0.5, 0.6) is 5.75 Å². The third-order valence-electron chi connectivity index (χ3n) is 6.63. The zero-order chi connectivity index (χ0) is 16.3. The van der Waals surface area contributed by atoms with Gasteiger partial charge in [0.1, 0.15) is 5.75 Å². The van der Waals surface area contributed by atoms with Crippen molar-refractivity contribution in [3.8, 4) is 5.75 Å². The molecule has 3 aliphatic rings. The van der Waals surface area contributed by atoms with Gasteiger partial charge in [0.05, 0.1) is 24.8 Å². The lowest BCUT2D eigenvalue weighted by atomic mass is 9.73. The molecule has 4 atom stereocenters. The number of para-hydroxylation sites is 1. The Kier molecular flexibility index (Phi) is 3.23. The number of H-pyrrole nitrogens is 1. The molecule has 5 rings (SSSR count). The lowest BCUT2D eigenvalue weighted by molar-refractivity contribution is 0.0955. The number of aryl methyl sites for hydroxylation is 1. The number of hydrogen-bond donors (Lipinski definition) is 1. The summed E-state index contributed by atoms with van der Waals surface area (Å²) in [5.41, 5.74) is 4.41. The van der Waals surface area contributed by atoms with Crippen LogP contribution in [0.3, 0.4) is 0 Å². The fraction of sp³-hybridized carbons (Fsp3) is 0.600. The highest BCUT2D eigenvalue weighted by atomic mass is 16.6. The van der Waals surface area contributed by atoms with Gasteiger partial charge in [0.2, 0.25) is 0 Å². The van der Waals surface area contributed by atoms with Gasteiger partial charge in [0, 0.05) is 36.1 Å². The molecule has 0 radical (unpaired) electrons. The number of hydrogen-bond acceptors (Lipinski definition) is 3. The van der Waals surface area contributed by atoms with Gasteiger partial charge in [-0.05, 0) is 37.3 Å². The first kappa shape index (κ1) is 14.8. The van der Waals surface area contributed by atoms with Crippen molar-refractivity contribution < 1.29 is 9.47 Å². The van der Waals surface area contributed by atoms with E-state index in [-0.39, 0.29) is 0 Å². The predicted molar refractivity (Wildman–Crippen MR) is 94.7 cm³/mol. The van der Waals surface area contributed by atoms with Gasteiger partial charge in [-0.25, -0.2) is 0 Å². The first-order valence-electron chi connectivity index (χ1n) is 9.28. The van der Waals surface area contributed by atoms with E-state index in [0.29, 0.717) is 17.6 Å². The van der Waals surface area contributed by atoms with E-state index < -0.39 is 0 Å². The summed E-state index contributed by atoms with van der Waals surface area (Å²) >= 11 is 0. The largest absolute Gasteiger partial charge is 0.495 e. The number of ether oxygens (including phenoxy) is 2. The molecular weight excluding hydrogens is 300 g/mol. The molecule has 2 aromatic rings. The molecule has 128 valence electrons. The summed E-state index contributed by atoms with van der Waals surface area (Å²) in [6, 6.07) is 6.40. The molecule has 0 aliphatic carbocycles. The SMILES string of the molecule is CC[C@@]12CCc3[nH]c4c(OC)cccc4c3CCN(C[C@H]3O[C@H]31)C2. The summed E-state index contributed by atoms with van der Waals surface area (Å²) in [6.07, 6.45) is 5.64. The van der Waals surface area contributed by atoms with Gasteiger partial charge >= 0.3 is 0 Å². The highest BCUT2D eigenvalue weighted by Crippen LogP contribution is 2.49. The zero-order valence-electron chi connectivity index (χ0n) is 14.6. The Labute approximate surface area is 143 Å². The van der Waals surface area contributed by atoms with Crippen molar-refractivity contribution in [1.29, 1.82) is 0 Å². The van der Waals surface area contributed by atoms with Crippen LogP contribution in [0.15, 0.2) is 18.2 Å². The van der Waals surface area contributed by atoms with E-state index in [1.807, 2.05) is 6.07 Å². The number of methoxy groups -OCH3 is 1. The van der Waals surface area contributed by atoms with E-state index in [2.05, 4.69) is 28.9 Å². The van der Waals surface area contributed by atoms with E-state index >= 15 is 0 Å². The average Bonchev–Trinajstić information content (AvgIpc) is 3.29. The molecule has 2 bridgehead atoms. The molecule has 0 amide bonds. The molecule has 1 N–H and O–H groups in total. The van der Waals surface area contributed by atoms with E-state index in [9.17, 15) is 0 Å². The zero-order valence-corrected chi connectivity index (χ0v) is 14.6. The Bertz CT molecular complexity index is 783. The highest BCUT2D eigenvalue weighted by Gasteiger charge is 2.57. The predicted octanol–water partition coefficient (Wildman–Crippen LogP) is 3.14. The van der Waals surface area contributed by atoms with Crippen LogP contribution in [-0.4, -0.2) is 48.8 Å². The molecule has 3 aliphatic heterocycles. The van der Waals surface area contributed by atoms with Gasteiger partial charge in [-0.2, -0.15) is 0 Å². The van der Waals surface area contributed by atoms with Crippen LogP contribution >= 0.6 is 0 Å². The van der Waals surface area contributed by atoms with Crippen molar-refractivity contribution in [2.75, 3.05) is 26.7 Å². The normalized spacial score (nSPS) is 34.7. The molecule has 4 heteroatoms. The van der Waals surface area contributed by atoms with Crippen molar-refractivity contribution in [3.05, 3.63) is 29.5 Å². The maximum atomic E-state index is 6.05. The Morgan fingerprint density at radius 3 is 3.12 bits per heavy atom. The van der Waals surface area contributed by atoms with Crippen LogP contribution in [0.4, 0.5) is 0 Å². The van der Waals surface area contributed by atoms with Crippen molar-refractivity contribution in [2.24, 2.45) is 5.41 Å². The van der Waals surface area contributed by atoms with Crippen LogP contribution in [0.25, 0.3) is 10.9 Å². The second-order valence-corrected chi connectivity index (χ2v) is 7.76. The minimum Gasteiger partial charge on any atom is -0.495 e. The number of piperidine rings is 1. The standard InChI is InChI=1S/C20H26N2O2/c1-3-20-9-7-15-13(8-10-22(12-20)11-17-19(20)24-17)14-5-4-6-16(23-2)18(14)21-15/h4-6,17,19,21H,3,7-12H2,1-2H3/t17-,19-,20+/m1/s1. The molecule has 1 aromatic heterocycles. The number of nitrogens with one attached hydrogen (secondary N) is 1. The lowest BCUT2D eigenvalue weighted by Gasteiger charge is -2.39. The van der Waals surface area contributed by atoms with E-state index in [0.717, 1.165) is 37.2 Å². The average molecular weight is 326 g/mol. The summed E-state index contributed by atoms with van der Waals surface area (Å²) in [4.78, 5) is 6.34. The molecule has 2 saturated heterocycles. The van der Waals surface area contributed by atoms with Crippen molar-refractivity contribution in [2.45, 2.75) is 44.8 Å². The van der Waals surface area contributed by atoms with Crippen molar-refractivity contribution in [3.63, 3.8) is 0 Å². The van der Waals surface area contributed by atoms with E-state index in [1.165, 1.54) is 36.0 Å². The molecule has 0 spiro atoms. The topological polar surface area (TPSA) is 40.8 Å². The number of nitrogens with zero attached hydrogens (tertiary/aromatic N) is 1. The third kappa shape index (κ3) is 2.06. The first-order valence-corrected chi connectivity index (χ1v) is 9.28. The molecule has 4 heterocycles. The summed E-state index contributed by atoms with van der Waals surface area (Å²) in [5, 5.41) is 1.34. The highest BCUT2D eigenvalue weighted by molar-refractivity contribution is 5.89.